The van der Waals surface area contributed by atoms with E-state index >= 15 is 0 Å². The summed E-state index contributed by atoms with van der Waals surface area (Å²) in [5.41, 5.74) is 1.90. The second kappa shape index (κ2) is 7.62. The Labute approximate surface area is 149 Å². The van der Waals surface area contributed by atoms with Crippen LogP contribution in [0.3, 0.4) is 0 Å². The van der Waals surface area contributed by atoms with Crippen molar-refractivity contribution in [1.82, 2.24) is 14.9 Å². The lowest BCUT2D eigenvalue weighted by molar-refractivity contribution is 0.179. The van der Waals surface area contributed by atoms with Crippen LogP contribution in [0.25, 0.3) is 0 Å². The zero-order chi connectivity index (χ0) is 17.7. The van der Waals surface area contributed by atoms with E-state index in [0.29, 0.717) is 12.0 Å². The summed E-state index contributed by atoms with van der Waals surface area (Å²) in [6.07, 6.45) is 5.50. The van der Waals surface area contributed by atoms with Gasteiger partial charge in [-0.05, 0) is 32.3 Å². The molecule has 1 saturated heterocycles. The molecule has 0 spiro atoms. The van der Waals surface area contributed by atoms with Gasteiger partial charge in [-0.1, -0.05) is 30.3 Å². The minimum absolute atomic E-state index is 0.324. The molecule has 0 saturated carbocycles. The number of piperidine rings is 1. The first-order chi connectivity index (χ1) is 12.1. The fraction of sp³-hybridized carbons (Fsp3) is 0.450. The molecule has 0 unspecified atom stereocenters. The third kappa shape index (κ3) is 4.15. The average Bonchev–Trinajstić information content (AvgIpc) is 2.64. The van der Waals surface area contributed by atoms with Crippen LogP contribution in [0.5, 0.6) is 0 Å². The van der Waals surface area contributed by atoms with E-state index in [2.05, 4.69) is 52.2 Å². The van der Waals surface area contributed by atoms with Gasteiger partial charge in [0.2, 0.25) is 5.95 Å². The van der Waals surface area contributed by atoms with E-state index in [0.717, 1.165) is 43.6 Å². The van der Waals surface area contributed by atoms with Crippen molar-refractivity contribution in [2.45, 2.75) is 44.7 Å². The van der Waals surface area contributed by atoms with Gasteiger partial charge < -0.3 is 5.32 Å². The van der Waals surface area contributed by atoms with Crippen molar-refractivity contribution < 1.29 is 0 Å². The fourth-order valence-corrected chi connectivity index (χ4v) is 3.34. The van der Waals surface area contributed by atoms with E-state index in [-0.39, 0.29) is 5.41 Å². The van der Waals surface area contributed by atoms with Crippen LogP contribution in [-0.2, 0) is 12.0 Å². The van der Waals surface area contributed by atoms with Crippen molar-refractivity contribution in [3.63, 3.8) is 0 Å². The summed E-state index contributed by atoms with van der Waals surface area (Å²) in [5, 5.41) is 13.0. The molecule has 2 aromatic rings. The van der Waals surface area contributed by atoms with Crippen LogP contribution in [0, 0.1) is 11.3 Å². The maximum atomic E-state index is 9.78. The second-order valence-corrected chi connectivity index (χ2v) is 7.05. The Bertz CT molecular complexity index is 710. The molecule has 5 nitrogen and oxygen atoms in total. The molecule has 1 aliphatic heterocycles. The number of anilines is 1. The summed E-state index contributed by atoms with van der Waals surface area (Å²) >= 11 is 0. The summed E-state index contributed by atoms with van der Waals surface area (Å²) in [6, 6.07) is 13.1. The highest BCUT2D eigenvalue weighted by Gasteiger charge is 2.36. The fourth-order valence-electron chi connectivity index (χ4n) is 3.34. The monoisotopic (exact) mass is 335 g/mol. The van der Waals surface area contributed by atoms with Gasteiger partial charge in [0, 0.05) is 43.6 Å². The van der Waals surface area contributed by atoms with Crippen LogP contribution < -0.4 is 5.32 Å². The minimum Gasteiger partial charge on any atom is -0.352 e. The number of hydrogen-bond donors (Lipinski definition) is 1. The lowest BCUT2D eigenvalue weighted by Gasteiger charge is -2.37. The molecule has 3 rings (SSSR count). The van der Waals surface area contributed by atoms with Crippen LogP contribution in [-0.4, -0.2) is 34.0 Å². The Balaban J connectivity index is 1.60. The van der Waals surface area contributed by atoms with Gasteiger partial charge in [0.1, 0.15) is 0 Å². The predicted molar refractivity (Wildman–Crippen MR) is 99.0 cm³/mol. The highest BCUT2D eigenvalue weighted by atomic mass is 15.1. The highest BCUT2D eigenvalue weighted by molar-refractivity contribution is 5.33. The van der Waals surface area contributed by atoms with Gasteiger partial charge in [-0.15, -0.1) is 0 Å². The third-order valence-corrected chi connectivity index (χ3v) is 4.78. The van der Waals surface area contributed by atoms with Crippen molar-refractivity contribution in [1.29, 1.82) is 5.26 Å². The standard InChI is InChI=1S/C20H25N5/c1-16(2)24-19-22-12-17(13-23-19)14-25-10-8-20(15-21,9-11-25)18-6-4-3-5-7-18/h3-7,12-13,16H,8-11,14H2,1-2H3,(H,22,23,24). The number of aromatic nitrogens is 2. The molecule has 130 valence electrons. The van der Waals surface area contributed by atoms with Crippen LogP contribution in [0.2, 0.25) is 0 Å². The lowest BCUT2D eigenvalue weighted by Crippen LogP contribution is -2.41. The molecule has 0 atom stereocenters. The van der Waals surface area contributed by atoms with E-state index in [1.165, 1.54) is 0 Å². The summed E-state index contributed by atoms with van der Waals surface area (Å²) in [7, 11) is 0. The van der Waals surface area contributed by atoms with Crippen molar-refractivity contribution in [3.05, 3.63) is 53.9 Å². The van der Waals surface area contributed by atoms with Crippen LogP contribution in [0.15, 0.2) is 42.7 Å². The van der Waals surface area contributed by atoms with Gasteiger partial charge >= 0.3 is 0 Å². The van der Waals surface area contributed by atoms with Gasteiger partial charge in [0.05, 0.1) is 11.5 Å². The van der Waals surface area contributed by atoms with E-state index in [9.17, 15) is 5.26 Å². The molecule has 1 fully saturated rings. The van der Waals surface area contributed by atoms with Gasteiger partial charge in [0.25, 0.3) is 0 Å². The molecule has 2 heterocycles. The lowest BCUT2D eigenvalue weighted by atomic mass is 9.74. The summed E-state index contributed by atoms with van der Waals surface area (Å²) in [6.45, 7) is 6.79. The van der Waals surface area contributed by atoms with Crippen molar-refractivity contribution in [3.8, 4) is 6.07 Å². The maximum Gasteiger partial charge on any atom is 0.222 e. The van der Waals surface area contributed by atoms with Crippen molar-refractivity contribution in [2.75, 3.05) is 18.4 Å². The Morgan fingerprint density at radius 1 is 1.16 bits per heavy atom. The van der Waals surface area contributed by atoms with Gasteiger partial charge in [0.15, 0.2) is 0 Å². The SMILES string of the molecule is CC(C)Nc1ncc(CN2CCC(C#N)(c3ccccc3)CC2)cn1. The number of nitriles is 1. The molecule has 0 radical (unpaired) electrons. The van der Waals surface area contributed by atoms with Crippen LogP contribution in [0.1, 0.15) is 37.8 Å². The van der Waals surface area contributed by atoms with E-state index < -0.39 is 0 Å². The summed E-state index contributed by atoms with van der Waals surface area (Å²) < 4.78 is 0. The number of likely N-dealkylation sites (tertiary alicyclic amines) is 1. The zero-order valence-corrected chi connectivity index (χ0v) is 14.9. The Hall–Kier alpha value is -2.45. The Kier molecular flexibility index (Phi) is 5.30. The Morgan fingerprint density at radius 2 is 1.80 bits per heavy atom. The molecular weight excluding hydrogens is 310 g/mol. The molecule has 0 aliphatic carbocycles. The van der Waals surface area contributed by atoms with Gasteiger partial charge in [-0.2, -0.15) is 5.26 Å². The smallest absolute Gasteiger partial charge is 0.222 e. The zero-order valence-electron chi connectivity index (χ0n) is 14.9. The molecule has 0 amide bonds. The second-order valence-electron chi connectivity index (χ2n) is 7.05. The molecule has 25 heavy (non-hydrogen) atoms. The summed E-state index contributed by atoms with van der Waals surface area (Å²) in [5.74, 6) is 0.671. The molecule has 5 heteroatoms. The van der Waals surface area contributed by atoms with E-state index in [1.54, 1.807) is 0 Å². The summed E-state index contributed by atoms with van der Waals surface area (Å²) in [4.78, 5) is 11.1. The normalized spacial score (nSPS) is 17.2. The first-order valence-electron chi connectivity index (χ1n) is 8.88. The molecule has 1 aromatic carbocycles. The van der Waals surface area contributed by atoms with Crippen molar-refractivity contribution in [2.24, 2.45) is 0 Å². The number of hydrogen-bond acceptors (Lipinski definition) is 5. The first kappa shape index (κ1) is 17.4. The maximum absolute atomic E-state index is 9.78. The quantitative estimate of drug-likeness (QED) is 0.908. The van der Waals surface area contributed by atoms with Crippen molar-refractivity contribution >= 4 is 5.95 Å². The van der Waals surface area contributed by atoms with E-state index in [4.69, 9.17) is 0 Å². The van der Waals surface area contributed by atoms with Gasteiger partial charge in [-0.25, -0.2) is 9.97 Å². The topological polar surface area (TPSA) is 64.8 Å². The first-order valence-corrected chi connectivity index (χ1v) is 8.88. The predicted octanol–water partition coefficient (Wildman–Crippen LogP) is 3.35. The molecule has 1 aromatic heterocycles. The number of rotatable bonds is 5. The molecule has 1 N–H and O–H groups in total. The largest absolute Gasteiger partial charge is 0.352 e. The number of nitrogens with zero attached hydrogens (tertiary/aromatic N) is 4. The minimum atomic E-state index is -0.348. The van der Waals surface area contributed by atoms with E-state index in [1.807, 2.05) is 30.6 Å². The Morgan fingerprint density at radius 3 is 2.36 bits per heavy atom. The third-order valence-electron chi connectivity index (χ3n) is 4.78. The van der Waals surface area contributed by atoms with Crippen LogP contribution in [0.4, 0.5) is 5.95 Å². The highest BCUT2D eigenvalue weighted by Crippen LogP contribution is 2.35. The molecule has 0 bridgehead atoms. The molecule has 1 aliphatic rings. The van der Waals surface area contributed by atoms with Gasteiger partial charge in [-0.3, -0.25) is 4.90 Å². The number of nitrogens with one attached hydrogen (secondary N) is 1. The van der Waals surface area contributed by atoms with Crippen LogP contribution >= 0.6 is 0 Å². The molecular formula is C20H25N5. The average molecular weight is 335 g/mol. The number of benzene rings is 1.